The van der Waals surface area contributed by atoms with Gasteiger partial charge in [-0.25, -0.2) is 0 Å². The Bertz CT molecular complexity index is 329. The fourth-order valence-corrected chi connectivity index (χ4v) is 2.06. The molecular formula is C16H26O2. The highest BCUT2D eigenvalue weighted by atomic mass is 16.3. The number of rotatable bonds is 7. The first-order valence-corrected chi connectivity index (χ1v) is 6.99. The fourth-order valence-electron chi connectivity index (χ4n) is 2.06. The van der Waals surface area contributed by atoms with Crippen molar-refractivity contribution in [2.45, 2.75) is 64.6 Å². The van der Waals surface area contributed by atoms with Crippen molar-refractivity contribution < 1.29 is 10.2 Å². The molecule has 0 bridgehead atoms. The Balaban J connectivity index is 2.43. The molecule has 2 unspecified atom stereocenters. The van der Waals surface area contributed by atoms with Gasteiger partial charge in [0.2, 0.25) is 0 Å². The Hall–Kier alpha value is -0.860. The molecule has 0 aromatic heterocycles. The summed E-state index contributed by atoms with van der Waals surface area (Å²) in [6.07, 6.45) is 1.84. The molecule has 1 aromatic rings. The van der Waals surface area contributed by atoms with E-state index in [4.69, 9.17) is 0 Å². The second-order valence-corrected chi connectivity index (χ2v) is 5.36. The second kappa shape index (κ2) is 7.55. The van der Waals surface area contributed by atoms with E-state index in [0.29, 0.717) is 18.8 Å². The molecular weight excluding hydrogens is 224 g/mol. The molecule has 0 amide bonds. The smallest absolute Gasteiger partial charge is 0.0802 e. The molecule has 2 nitrogen and oxygen atoms in total. The van der Waals surface area contributed by atoms with E-state index in [1.54, 1.807) is 0 Å². The maximum absolute atomic E-state index is 9.80. The maximum atomic E-state index is 9.80. The van der Waals surface area contributed by atoms with E-state index in [-0.39, 0.29) is 0 Å². The van der Waals surface area contributed by atoms with Crippen LogP contribution in [0.2, 0.25) is 0 Å². The number of aryl methyl sites for hydroxylation is 1. The van der Waals surface area contributed by atoms with Crippen LogP contribution >= 0.6 is 0 Å². The summed E-state index contributed by atoms with van der Waals surface area (Å²) in [4.78, 5) is 0. The Morgan fingerprint density at radius 3 is 2.00 bits per heavy atom. The Morgan fingerprint density at radius 1 is 0.944 bits per heavy atom. The van der Waals surface area contributed by atoms with Crippen LogP contribution in [0.25, 0.3) is 0 Å². The molecule has 0 radical (unpaired) electrons. The van der Waals surface area contributed by atoms with E-state index in [0.717, 1.165) is 12.8 Å². The van der Waals surface area contributed by atoms with Crippen LogP contribution in [-0.4, -0.2) is 22.4 Å². The fraction of sp³-hybridized carbons (Fsp3) is 0.625. The van der Waals surface area contributed by atoms with Crippen molar-refractivity contribution in [2.75, 3.05) is 0 Å². The quantitative estimate of drug-likeness (QED) is 0.779. The normalized spacial score (nSPS) is 14.8. The topological polar surface area (TPSA) is 40.5 Å². The summed E-state index contributed by atoms with van der Waals surface area (Å²) in [5, 5.41) is 19.5. The number of hydrogen-bond acceptors (Lipinski definition) is 2. The average molecular weight is 250 g/mol. The highest BCUT2D eigenvalue weighted by Crippen LogP contribution is 2.16. The zero-order valence-corrected chi connectivity index (χ0v) is 11.8. The summed E-state index contributed by atoms with van der Waals surface area (Å²) in [5.41, 5.74) is 2.56. The first kappa shape index (κ1) is 15.2. The molecule has 1 aromatic carbocycles. The maximum Gasteiger partial charge on any atom is 0.0802 e. The van der Waals surface area contributed by atoms with Crippen LogP contribution in [0.3, 0.4) is 0 Å². The predicted molar refractivity (Wildman–Crippen MR) is 75.8 cm³/mol. The summed E-state index contributed by atoms with van der Waals surface area (Å²) in [7, 11) is 0. The van der Waals surface area contributed by atoms with E-state index < -0.39 is 12.2 Å². The molecule has 0 saturated carbocycles. The molecule has 0 fully saturated rings. The van der Waals surface area contributed by atoms with Crippen LogP contribution in [0.1, 0.15) is 57.1 Å². The van der Waals surface area contributed by atoms with Crippen molar-refractivity contribution in [3.05, 3.63) is 35.4 Å². The number of aliphatic hydroxyl groups excluding tert-OH is 2. The lowest BCUT2D eigenvalue weighted by atomic mass is 9.98. The molecule has 0 aliphatic heterocycles. The standard InChI is InChI=1S/C16H26O2/c1-4-5-15(17)16(18)11-8-13-6-9-14(10-7-13)12(2)3/h6-7,9-10,12,15-18H,4-5,8,11H2,1-3H3. The van der Waals surface area contributed by atoms with Gasteiger partial charge < -0.3 is 10.2 Å². The van der Waals surface area contributed by atoms with Gasteiger partial charge in [0.1, 0.15) is 0 Å². The van der Waals surface area contributed by atoms with Gasteiger partial charge in [0, 0.05) is 0 Å². The molecule has 2 N–H and O–H groups in total. The molecule has 0 aliphatic rings. The van der Waals surface area contributed by atoms with Crippen molar-refractivity contribution in [3.8, 4) is 0 Å². The minimum absolute atomic E-state index is 0.552. The molecule has 0 aliphatic carbocycles. The molecule has 0 heterocycles. The van der Waals surface area contributed by atoms with Crippen LogP contribution in [0.5, 0.6) is 0 Å². The van der Waals surface area contributed by atoms with Gasteiger partial charge in [-0.05, 0) is 36.3 Å². The van der Waals surface area contributed by atoms with E-state index >= 15 is 0 Å². The first-order valence-electron chi connectivity index (χ1n) is 6.99. The lowest BCUT2D eigenvalue weighted by molar-refractivity contribution is 0.00981. The molecule has 2 atom stereocenters. The molecule has 1 rings (SSSR count). The number of aliphatic hydroxyl groups is 2. The number of hydrogen-bond donors (Lipinski definition) is 2. The van der Waals surface area contributed by atoms with Gasteiger partial charge in [0.25, 0.3) is 0 Å². The molecule has 0 saturated heterocycles. The summed E-state index contributed by atoms with van der Waals surface area (Å²) in [5.74, 6) is 0.552. The van der Waals surface area contributed by atoms with Gasteiger partial charge in [0.05, 0.1) is 12.2 Å². The van der Waals surface area contributed by atoms with Gasteiger partial charge in [-0.15, -0.1) is 0 Å². The molecule has 102 valence electrons. The van der Waals surface area contributed by atoms with Gasteiger partial charge in [0.15, 0.2) is 0 Å². The monoisotopic (exact) mass is 250 g/mol. The van der Waals surface area contributed by atoms with E-state index in [1.807, 2.05) is 6.92 Å². The lowest BCUT2D eigenvalue weighted by Crippen LogP contribution is -2.26. The average Bonchev–Trinajstić information content (AvgIpc) is 2.36. The molecule has 2 heteroatoms. The Morgan fingerprint density at radius 2 is 1.50 bits per heavy atom. The minimum atomic E-state index is -0.602. The molecule has 18 heavy (non-hydrogen) atoms. The summed E-state index contributed by atoms with van der Waals surface area (Å²) in [6.45, 7) is 6.38. The zero-order chi connectivity index (χ0) is 13.5. The van der Waals surface area contributed by atoms with Crippen molar-refractivity contribution in [3.63, 3.8) is 0 Å². The van der Waals surface area contributed by atoms with Crippen molar-refractivity contribution >= 4 is 0 Å². The van der Waals surface area contributed by atoms with Gasteiger partial charge in [-0.3, -0.25) is 0 Å². The highest BCUT2D eigenvalue weighted by Gasteiger charge is 2.14. The number of benzene rings is 1. The summed E-state index contributed by atoms with van der Waals surface area (Å²) in [6, 6.07) is 8.53. The van der Waals surface area contributed by atoms with Gasteiger partial charge >= 0.3 is 0 Å². The molecule has 0 spiro atoms. The van der Waals surface area contributed by atoms with E-state index in [2.05, 4.69) is 38.1 Å². The van der Waals surface area contributed by atoms with E-state index in [1.165, 1.54) is 11.1 Å². The Kier molecular flexibility index (Phi) is 6.37. The third-order valence-corrected chi connectivity index (χ3v) is 3.40. The second-order valence-electron chi connectivity index (χ2n) is 5.36. The van der Waals surface area contributed by atoms with Gasteiger partial charge in [-0.1, -0.05) is 51.5 Å². The summed E-state index contributed by atoms with van der Waals surface area (Å²) < 4.78 is 0. The lowest BCUT2D eigenvalue weighted by Gasteiger charge is -2.17. The van der Waals surface area contributed by atoms with Crippen LogP contribution in [0.4, 0.5) is 0 Å². The minimum Gasteiger partial charge on any atom is -0.390 e. The van der Waals surface area contributed by atoms with Gasteiger partial charge in [-0.2, -0.15) is 0 Å². The van der Waals surface area contributed by atoms with E-state index in [9.17, 15) is 10.2 Å². The Labute approximate surface area is 111 Å². The third-order valence-electron chi connectivity index (χ3n) is 3.40. The predicted octanol–water partition coefficient (Wildman–Crippen LogP) is 3.26. The largest absolute Gasteiger partial charge is 0.390 e. The van der Waals surface area contributed by atoms with Crippen LogP contribution in [0, 0.1) is 0 Å². The van der Waals surface area contributed by atoms with Crippen molar-refractivity contribution in [1.29, 1.82) is 0 Å². The highest BCUT2D eigenvalue weighted by molar-refractivity contribution is 5.24. The third kappa shape index (κ3) is 4.79. The SMILES string of the molecule is CCCC(O)C(O)CCc1ccc(C(C)C)cc1. The summed E-state index contributed by atoms with van der Waals surface area (Å²) >= 11 is 0. The zero-order valence-electron chi connectivity index (χ0n) is 11.8. The van der Waals surface area contributed by atoms with Crippen LogP contribution < -0.4 is 0 Å². The van der Waals surface area contributed by atoms with Crippen molar-refractivity contribution in [2.24, 2.45) is 0 Å². The first-order chi connectivity index (χ1) is 8.54. The van der Waals surface area contributed by atoms with Crippen LogP contribution in [0.15, 0.2) is 24.3 Å². The van der Waals surface area contributed by atoms with Crippen LogP contribution in [-0.2, 0) is 6.42 Å². The van der Waals surface area contributed by atoms with Crippen molar-refractivity contribution in [1.82, 2.24) is 0 Å².